The predicted molar refractivity (Wildman–Crippen MR) is 73.3 cm³/mol. The molecule has 20 heavy (non-hydrogen) atoms. The fourth-order valence-electron chi connectivity index (χ4n) is 1.99. The highest BCUT2D eigenvalue weighted by Gasteiger charge is 2.17. The summed E-state index contributed by atoms with van der Waals surface area (Å²) in [7, 11) is 0. The maximum absolute atomic E-state index is 13.6. The standard InChI is InChI=1S/C15H21F2NO2/c1-2-5-14(17)20-15(19)9-8-11(10-18)12-6-3-4-7-13(12)16/h3-4,6-7,11,14H,2,5,8-10,18H2,1H3. The lowest BCUT2D eigenvalue weighted by Gasteiger charge is -2.16. The van der Waals surface area contributed by atoms with Crippen LogP contribution in [0.15, 0.2) is 24.3 Å². The lowest BCUT2D eigenvalue weighted by molar-refractivity contribution is -0.158. The van der Waals surface area contributed by atoms with Crippen LogP contribution in [0, 0.1) is 5.82 Å². The molecule has 0 saturated carbocycles. The molecule has 0 aliphatic rings. The van der Waals surface area contributed by atoms with Gasteiger partial charge in [-0.2, -0.15) is 0 Å². The molecule has 0 aliphatic heterocycles. The summed E-state index contributed by atoms with van der Waals surface area (Å²) >= 11 is 0. The largest absolute Gasteiger partial charge is 0.431 e. The maximum atomic E-state index is 13.6. The summed E-state index contributed by atoms with van der Waals surface area (Å²) in [5, 5.41) is 0. The Morgan fingerprint density at radius 2 is 2.05 bits per heavy atom. The molecule has 0 amide bonds. The summed E-state index contributed by atoms with van der Waals surface area (Å²) in [5.74, 6) is -1.22. The molecular formula is C15H21F2NO2. The van der Waals surface area contributed by atoms with Crippen molar-refractivity contribution < 1.29 is 18.3 Å². The van der Waals surface area contributed by atoms with E-state index in [0.717, 1.165) is 0 Å². The van der Waals surface area contributed by atoms with Crippen molar-refractivity contribution in [2.45, 2.75) is 44.9 Å². The van der Waals surface area contributed by atoms with Gasteiger partial charge in [-0.05, 0) is 36.9 Å². The van der Waals surface area contributed by atoms with E-state index in [1.807, 2.05) is 6.92 Å². The zero-order valence-corrected chi connectivity index (χ0v) is 11.6. The number of esters is 1. The molecular weight excluding hydrogens is 264 g/mol. The fraction of sp³-hybridized carbons (Fsp3) is 0.533. The molecule has 1 aromatic rings. The summed E-state index contributed by atoms with van der Waals surface area (Å²) in [5.41, 5.74) is 6.10. The Morgan fingerprint density at radius 1 is 1.35 bits per heavy atom. The molecule has 2 atom stereocenters. The molecule has 0 aromatic heterocycles. The van der Waals surface area contributed by atoms with Crippen molar-refractivity contribution in [3.63, 3.8) is 0 Å². The molecule has 0 bridgehead atoms. The van der Waals surface area contributed by atoms with E-state index in [1.165, 1.54) is 6.07 Å². The molecule has 2 N–H and O–H groups in total. The Balaban J connectivity index is 2.50. The number of hydrogen-bond acceptors (Lipinski definition) is 3. The van der Waals surface area contributed by atoms with Crippen molar-refractivity contribution >= 4 is 5.97 Å². The average Bonchev–Trinajstić information content (AvgIpc) is 2.41. The number of nitrogens with two attached hydrogens (primary N) is 1. The summed E-state index contributed by atoms with van der Waals surface area (Å²) in [6.45, 7) is 2.03. The monoisotopic (exact) mass is 285 g/mol. The molecule has 1 rings (SSSR count). The second kappa shape index (κ2) is 8.64. The van der Waals surface area contributed by atoms with Crippen molar-refractivity contribution in [3.05, 3.63) is 35.6 Å². The van der Waals surface area contributed by atoms with Crippen molar-refractivity contribution in [1.29, 1.82) is 0 Å². The SMILES string of the molecule is CCCC(F)OC(=O)CCC(CN)c1ccccc1F. The van der Waals surface area contributed by atoms with Gasteiger partial charge < -0.3 is 10.5 Å². The van der Waals surface area contributed by atoms with Crippen LogP contribution in [0.3, 0.4) is 0 Å². The summed E-state index contributed by atoms with van der Waals surface area (Å²) < 4.78 is 31.4. The topological polar surface area (TPSA) is 52.3 Å². The number of alkyl halides is 1. The Bertz CT molecular complexity index is 426. The van der Waals surface area contributed by atoms with Gasteiger partial charge in [-0.3, -0.25) is 4.79 Å². The number of carbonyl (C=O) groups is 1. The van der Waals surface area contributed by atoms with Crippen molar-refractivity contribution in [1.82, 2.24) is 0 Å². The molecule has 112 valence electrons. The third kappa shape index (κ3) is 5.25. The Hall–Kier alpha value is -1.49. The molecule has 2 unspecified atom stereocenters. The van der Waals surface area contributed by atoms with Crippen LogP contribution < -0.4 is 5.73 Å². The predicted octanol–water partition coefficient (Wildman–Crippen LogP) is 3.29. The summed E-state index contributed by atoms with van der Waals surface area (Å²) in [6.07, 6.45) is -0.388. The summed E-state index contributed by atoms with van der Waals surface area (Å²) in [4.78, 5) is 11.5. The van der Waals surface area contributed by atoms with Crippen molar-refractivity contribution in [2.75, 3.05) is 6.54 Å². The van der Waals surface area contributed by atoms with Crippen LogP contribution in [0.4, 0.5) is 8.78 Å². The molecule has 0 fully saturated rings. The smallest absolute Gasteiger partial charge is 0.308 e. The minimum absolute atomic E-state index is 0.0281. The number of carbonyl (C=O) groups excluding carboxylic acids is 1. The zero-order chi connectivity index (χ0) is 15.0. The molecule has 0 saturated heterocycles. The van der Waals surface area contributed by atoms with Gasteiger partial charge in [0.2, 0.25) is 6.36 Å². The molecule has 5 heteroatoms. The van der Waals surface area contributed by atoms with E-state index >= 15 is 0 Å². The van der Waals surface area contributed by atoms with Gasteiger partial charge in [0, 0.05) is 12.8 Å². The number of ether oxygens (including phenoxy) is 1. The lowest BCUT2D eigenvalue weighted by Crippen LogP contribution is -2.18. The highest BCUT2D eigenvalue weighted by atomic mass is 19.1. The van der Waals surface area contributed by atoms with Gasteiger partial charge in [-0.25, -0.2) is 8.78 Å². The molecule has 0 radical (unpaired) electrons. The first-order valence-electron chi connectivity index (χ1n) is 6.86. The van der Waals surface area contributed by atoms with Crippen molar-refractivity contribution in [3.8, 4) is 0 Å². The van der Waals surface area contributed by atoms with E-state index in [9.17, 15) is 13.6 Å². The first-order valence-corrected chi connectivity index (χ1v) is 6.86. The van der Waals surface area contributed by atoms with E-state index in [0.29, 0.717) is 18.4 Å². The van der Waals surface area contributed by atoms with Crippen LogP contribution >= 0.6 is 0 Å². The van der Waals surface area contributed by atoms with Crippen LogP contribution in [0.25, 0.3) is 0 Å². The molecule has 0 spiro atoms. The van der Waals surface area contributed by atoms with Crippen LogP contribution in [0.2, 0.25) is 0 Å². The second-order valence-electron chi connectivity index (χ2n) is 4.68. The highest BCUT2D eigenvalue weighted by Crippen LogP contribution is 2.23. The fourth-order valence-corrected chi connectivity index (χ4v) is 1.99. The van der Waals surface area contributed by atoms with Gasteiger partial charge in [0.25, 0.3) is 0 Å². The van der Waals surface area contributed by atoms with E-state index < -0.39 is 12.3 Å². The van der Waals surface area contributed by atoms with Crippen LogP contribution in [-0.4, -0.2) is 18.9 Å². The quantitative estimate of drug-likeness (QED) is 0.746. The van der Waals surface area contributed by atoms with Crippen LogP contribution in [0.1, 0.15) is 44.1 Å². The number of halogens is 2. The third-order valence-electron chi connectivity index (χ3n) is 3.10. The minimum Gasteiger partial charge on any atom is -0.431 e. The Morgan fingerprint density at radius 3 is 2.65 bits per heavy atom. The lowest BCUT2D eigenvalue weighted by atomic mass is 9.94. The van der Waals surface area contributed by atoms with E-state index in [4.69, 9.17) is 5.73 Å². The van der Waals surface area contributed by atoms with Gasteiger partial charge in [0.15, 0.2) is 0 Å². The number of benzene rings is 1. The molecule has 0 heterocycles. The van der Waals surface area contributed by atoms with Gasteiger partial charge in [0.1, 0.15) is 5.82 Å². The molecule has 3 nitrogen and oxygen atoms in total. The first-order chi connectivity index (χ1) is 9.58. The summed E-state index contributed by atoms with van der Waals surface area (Å²) in [6, 6.07) is 6.32. The van der Waals surface area contributed by atoms with Gasteiger partial charge in [-0.1, -0.05) is 25.1 Å². The molecule has 0 aliphatic carbocycles. The zero-order valence-electron chi connectivity index (χ0n) is 11.6. The average molecular weight is 285 g/mol. The van der Waals surface area contributed by atoms with E-state index in [2.05, 4.69) is 4.74 Å². The maximum Gasteiger partial charge on any atom is 0.308 e. The highest BCUT2D eigenvalue weighted by molar-refractivity contribution is 5.69. The second-order valence-corrected chi connectivity index (χ2v) is 4.68. The van der Waals surface area contributed by atoms with Crippen LogP contribution in [-0.2, 0) is 9.53 Å². The van der Waals surface area contributed by atoms with Gasteiger partial charge >= 0.3 is 5.97 Å². The third-order valence-corrected chi connectivity index (χ3v) is 3.10. The first kappa shape index (κ1) is 16.6. The Kier molecular flexibility index (Phi) is 7.15. The molecule has 1 aromatic carbocycles. The van der Waals surface area contributed by atoms with Crippen molar-refractivity contribution in [2.24, 2.45) is 5.73 Å². The number of hydrogen-bond donors (Lipinski definition) is 1. The van der Waals surface area contributed by atoms with E-state index in [-0.39, 0.29) is 31.1 Å². The Labute approximate surface area is 118 Å². The minimum atomic E-state index is -1.56. The van der Waals surface area contributed by atoms with Crippen LogP contribution in [0.5, 0.6) is 0 Å². The normalized spacial score (nSPS) is 13.8. The van der Waals surface area contributed by atoms with Gasteiger partial charge in [0.05, 0.1) is 0 Å². The van der Waals surface area contributed by atoms with E-state index in [1.54, 1.807) is 18.2 Å². The van der Waals surface area contributed by atoms with Gasteiger partial charge in [-0.15, -0.1) is 0 Å². The number of rotatable bonds is 8.